The predicted molar refractivity (Wildman–Crippen MR) is 116 cm³/mol. The molecule has 1 aromatic heterocycles. The number of benzene rings is 2. The van der Waals surface area contributed by atoms with Crippen LogP contribution in [0.5, 0.6) is 0 Å². The molecular formula is C22H19FN6O3S. The number of nitrogens with one attached hydrogen (secondary N) is 1. The first-order valence-electron chi connectivity index (χ1n) is 10.3. The minimum absolute atomic E-state index is 0.0437. The van der Waals surface area contributed by atoms with Crippen molar-refractivity contribution in [3.8, 4) is 17.2 Å². The Morgan fingerprint density at radius 2 is 1.97 bits per heavy atom. The number of sulfone groups is 1. The molecule has 0 saturated carbocycles. The number of hydrogen-bond acceptors (Lipinski definition) is 8. The van der Waals surface area contributed by atoms with Crippen molar-refractivity contribution in [2.24, 2.45) is 5.16 Å². The molecule has 2 aliphatic rings. The maximum Gasteiger partial charge on any atom is 0.199 e. The van der Waals surface area contributed by atoms with Gasteiger partial charge in [0.1, 0.15) is 5.82 Å². The molecule has 1 saturated heterocycles. The van der Waals surface area contributed by atoms with Gasteiger partial charge < -0.3 is 10.2 Å². The normalized spacial score (nSPS) is 19.3. The van der Waals surface area contributed by atoms with E-state index in [-0.39, 0.29) is 24.1 Å². The van der Waals surface area contributed by atoms with Gasteiger partial charge in [0.25, 0.3) is 0 Å². The van der Waals surface area contributed by atoms with Gasteiger partial charge in [-0.25, -0.2) is 17.5 Å². The molecule has 5 rings (SSSR count). The summed E-state index contributed by atoms with van der Waals surface area (Å²) in [5.41, 5.74) is 2.12. The highest BCUT2D eigenvalue weighted by Crippen LogP contribution is 2.32. The first-order valence-corrected chi connectivity index (χ1v) is 11.7. The van der Waals surface area contributed by atoms with Crippen LogP contribution in [0.25, 0.3) is 11.1 Å². The Bertz CT molecular complexity index is 1360. The predicted octanol–water partition coefficient (Wildman–Crippen LogP) is 1.92. The average molecular weight is 466 g/mol. The van der Waals surface area contributed by atoms with Crippen molar-refractivity contribution < 1.29 is 17.6 Å². The van der Waals surface area contributed by atoms with E-state index in [1.54, 1.807) is 41.3 Å². The summed E-state index contributed by atoms with van der Waals surface area (Å²) in [6.07, 6.45) is 3.62. The second-order valence-electron chi connectivity index (χ2n) is 8.03. The first-order chi connectivity index (χ1) is 15.9. The molecule has 2 aliphatic heterocycles. The second kappa shape index (κ2) is 8.06. The summed E-state index contributed by atoms with van der Waals surface area (Å²) in [6.45, 7) is 0.680. The third-order valence-electron chi connectivity index (χ3n) is 5.91. The molecule has 0 aliphatic carbocycles. The van der Waals surface area contributed by atoms with Gasteiger partial charge in [0.05, 0.1) is 29.4 Å². The van der Waals surface area contributed by atoms with Crippen LogP contribution in [0, 0.1) is 17.1 Å². The van der Waals surface area contributed by atoms with Gasteiger partial charge in [0.2, 0.25) is 0 Å². The SMILES string of the molecule is N#CC1(S(=O)(=O)c2ccc(-c3ccc(C4=NO[C@@H](Cn5ccnn5)C4)cc3F)cc2)CNC1. The Kier molecular flexibility index (Phi) is 5.19. The van der Waals surface area contributed by atoms with Crippen molar-refractivity contribution in [2.45, 2.75) is 28.7 Å². The van der Waals surface area contributed by atoms with Crippen molar-refractivity contribution >= 4 is 15.5 Å². The van der Waals surface area contributed by atoms with Crippen LogP contribution < -0.4 is 5.32 Å². The van der Waals surface area contributed by atoms with Crippen molar-refractivity contribution in [3.63, 3.8) is 0 Å². The monoisotopic (exact) mass is 466 g/mol. The summed E-state index contributed by atoms with van der Waals surface area (Å²) in [6, 6.07) is 12.6. The fourth-order valence-corrected chi connectivity index (χ4v) is 5.53. The fraction of sp³-hybridized carbons (Fsp3) is 0.273. The molecule has 33 heavy (non-hydrogen) atoms. The van der Waals surface area contributed by atoms with Gasteiger partial charge in [-0.3, -0.25) is 0 Å². The van der Waals surface area contributed by atoms with Crippen LogP contribution >= 0.6 is 0 Å². The lowest BCUT2D eigenvalue weighted by Gasteiger charge is -2.35. The van der Waals surface area contributed by atoms with E-state index in [1.807, 2.05) is 6.07 Å². The number of aromatic nitrogens is 3. The van der Waals surface area contributed by atoms with Gasteiger partial charge in [-0.2, -0.15) is 5.26 Å². The molecule has 0 spiro atoms. The molecule has 0 radical (unpaired) electrons. The zero-order valence-electron chi connectivity index (χ0n) is 17.3. The van der Waals surface area contributed by atoms with E-state index in [9.17, 15) is 18.1 Å². The Balaban J connectivity index is 1.32. The quantitative estimate of drug-likeness (QED) is 0.589. The molecule has 9 nitrogen and oxygen atoms in total. The summed E-state index contributed by atoms with van der Waals surface area (Å²) >= 11 is 0. The van der Waals surface area contributed by atoms with Crippen LogP contribution in [0.15, 0.2) is 64.9 Å². The Morgan fingerprint density at radius 3 is 2.58 bits per heavy atom. The minimum Gasteiger partial charge on any atom is -0.390 e. The molecule has 3 aromatic rings. The summed E-state index contributed by atoms with van der Waals surface area (Å²) in [7, 11) is -3.82. The smallest absolute Gasteiger partial charge is 0.199 e. The summed E-state index contributed by atoms with van der Waals surface area (Å²) < 4.78 is 40.8. The zero-order valence-corrected chi connectivity index (χ0v) is 18.2. The average Bonchev–Trinajstić information content (AvgIpc) is 3.46. The van der Waals surface area contributed by atoms with E-state index in [1.165, 1.54) is 18.2 Å². The molecule has 168 valence electrons. The van der Waals surface area contributed by atoms with Crippen molar-refractivity contribution in [3.05, 3.63) is 66.2 Å². The Morgan fingerprint density at radius 1 is 1.21 bits per heavy atom. The lowest BCUT2D eigenvalue weighted by atomic mass is 9.99. The van der Waals surface area contributed by atoms with Crippen molar-refractivity contribution in [2.75, 3.05) is 13.1 Å². The van der Waals surface area contributed by atoms with Gasteiger partial charge in [0.15, 0.2) is 20.7 Å². The summed E-state index contributed by atoms with van der Waals surface area (Å²) in [5.74, 6) is -0.456. The maximum absolute atomic E-state index is 14.9. The standard InChI is InChI=1S/C22H19FN6O3S/c23-20-9-16(21-10-17(32-27-21)11-29-8-7-26-28-29)3-6-19(20)15-1-4-18(5-2-15)33(30,31)22(12-24)13-25-14-22/h1-9,17,25H,10-11,13-14H2/t17-/m1/s1. The van der Waals surface area contributed by atoms with Crippen LogP contribution in [-0.2, 0) is 21.2 Å². The highest BCUT2D eigenvalue weighted by molar-refractivity contribution is 7.93. The third-order valence-corrected chi connectivity index (χ3v) is 8.21. The lowest BCUT2D eigenvalue weighted by Crippen LogP contribution is -2.62. The third kappa shape index (κ3) is 3.67. The van der Waals surface area contributed by atoms with Crippen LogP contribution in [0.3, 0.4) is 0 Å². The van der Waals surface area contributed by atoms with Crippen molar-refractivity contribution in [1.29, 1.82) is 5.26 Å². The van der Waals surface area contributed by atoms with E-state index < -0.39 is 20.4 Å². The summed E-state index contributed by atoms with van der Waals surface area (Å²) in [4.78, 5) is 5.48. The number of nitrogens with zero attached hydrogens (tertiary/aromatic N) is 5. The fourth-order valence-electron chi connectivity index (χ4n) is 3.88. The summed E-state index contributed by atoms with van der Waals surface area (Å²) in [5, 5.41) is 23.9. The van der Waals surface area contributed by atoms with Gasteiger partial charge >= 0.3 is 0 Å². The van der Waals surface area contributed by atoms with Gasteiger partial charge in [-0.15, -0.1) is 5.10 Å². The number of nitriles is 1. The van der Waals surface area contributed by atoms with Crippen LogP contribution in [0.4, 0.5) is 4.39 Å². The topological polar surface area (TPSA) is 122 Å². The second-order valence-corrected chi connectivity index (χ2v) is 10.3. The van der Waals surface area contributed by atoms with Crippen LogP contribution in [-0.4, -0.2) is 53.1 Å². The van der Waals surface area contributed by atoms with E-state index in [0.29, 0.717) is 35.4 Å². The molecule has 1 N–H and O–H groups in total. The number of hydrogen-bond donors (Lipinski definition) is 1. The molecule has 0 unspecified atom stereocenters. The molecule has 1 fully saturated rings. The Hall–Kier alpha value is -3.62. The van der Waals surface area contributed by atoms with Gasteiger partial charge in [-0.05, 0) is 23.8 Å². The highest BCUT2D eigenvalue weighted by Gasteiger charge is 2.50. The number of rotatable bonds is 6. The molecule has 0 amide bonds. The molecule has 1 atom stereocenters. The van der Waals surface area contributed by atoms with E-state index >= 15 is 0 Å². The van der Waals surface area contributed by atoms with Crippen LogP contribution in [0.2, 0.25) is 0 Å². The minimum atomic E-state index is -3.82. The van der Waals surface area contributed by atoms with Gasteiger partial charge in [0, 0.05) is 36.8 Å². The van der Waals surface area contributed by atoms with Crippen molar-refractivity contribution in [1.82, 2.24) is 20.3 Å². The maximum atomic E-state index is 14.9. The molecule has 11 heteroatoms. The highest BCUT2D eigenvalue weighted by atomic mass is 32.2. The largest absolute Gasteiger partial charge is 0.390 e. The number of halogens is 1. The molecule has 2 aromatic carbocycles. The lowest BCUT2D eigenvalue weighted by molar-refractivity contribution is 0.0693. The van der Waals surface area contributed by atoms with Gasteiger partial charge in [-0.1, -0.05) is 34.6 Å². The van der Waals surface area contributed by atoms with E-state index in [0.717, 1.165) is 0 Å². The Labute approximate surface area is 189 Å². The zero-order chi connectivity index (χ0) is 23.1. The van der Waals surface area contributed by atoms with E-state index in [2.05, 4.69) is 20.8 Å². The van der Waals surface area contributed by atoms with E-state index in [4.69, 9.17) is 4.84 Å². The molecule has 3 heterocycles. The molecular weight excluding hydrogens is 447 g/mol. The van der Waals surface area contributed by atoms with Crippen LogP contribution in [0.1, 0.15) is 12.0 Å². The number of oxime groups is 1. The first kappa shape index (κ1) is 21.2. The molecule has 0 bridgehead atoms.